The highest BCUT2D eigenvalue weighted by Gasteiger charge is 2.32. The minimum Gasteiger partial charge on any atom is -0.337 e. The molecule has 1 atom stereocenters. The summed E-state index contributed by atoms with van der Waals surface area (Å²) in [6.07, 6.45) is 3.72. The second-order valence-electron chi connectivity index (χ2n) is 7.78. The highest BCUT2D eigenvalue weighted by Crippen LogP contribution is 2.31. The summed E-state index contributed by atoms with van der Waals surface area (Å²) in [6.45, 7) is 4.99. The molecule has 0 unspecified atom stereocenters. The summed E-state index contributed by atoms with van der Waals surface area (Å²) in [5.74, 6) is 0.165. The van der Waals surface area contributed by atoms with Crippen molar-refractivity contribution in [1.82, 2.24) is 15.2 Å². The summed E-state index contributed by atoms with van der Waals surface area (Å²) in [5.41, 5.74) is 7.74. The van der Waals surface area contributed by atoms with Gasteiger partial charge in [-0.2, -0.15) is 0 Å². The van der Waals surface area contributed by atoms with Crippen molar-refractivity contribution in [2.75, 3.05) is 31.2 Å². The van der Waals surface area contributed by atoms with E-state index in [4.69, 9.17) is 0 Å². The number of nitrogens with zero attached hydrogens (tertiary/aromatic N) is 3. The molecule has 140 valence electrons. The van der Waals surface area contributed by atoms with Crippen LogP contribution in [0.2, 0.25) is 0 Å². The first-order valence-corrected chi connectivity index (χ1v) is 10.0. The number of nitrogens with one attached hydrogen (secondary N) is 1. The van der Waals surface area contributed by atoms with E-state index in [2.05, 4.69) is 39.6 Å². The van der Waals surface area contributed by atoms with Crippen LogP contribution in [0.5, 0.6) is 0 Å². The number of fused-ring (bicyclic) bond motifs is 1. The van der Waals surface area contributed by atoms with Crippen LogP contribution in [0.1, 0.15) is 35.2 Å². The molecule has 0 aliphatic carbocycles. The zero-order chi connectivity index (χ0) is 18.2. The fraction of sp³-hybridized carbons (Fsp3) is 0.409. The molecule has 2 aromatic rings. The van der Waals surface area contributed by atoms with Crippen molar-refractivity contribution in [2.45, 2.75) is 31.8 Å². The van der Waals surface area contributed by atoms with Gasteiger partial charge < -0.3 is 4.90 Å². The fourth-order valence-electron chi connectivity index (χ4n) is 4.62. The Hall–Kier alpha value is -2.37. The lowest BCUT2D eigenvalue weighted by Gasteiger charge is -2.24. The smallest absolute Gasteiger partial charge is 0.253 e. The summed E-state index contributed by atoms with van der Waals surface area (Å²) in [7, 11) is 0. The van der Waals surface area contributed by atoms with E-state index in [1.165, 1.54) is 37.2 Å². The second-order valence-corrected chi connectivity index (χ2v) is 7.78. The van der Waals surface area contributed by atoms with E-state index < -0.39 is 0 Å². The molecule has 3 heterocycles. The topological polar surface area (TPSA) is 38.8 Å². The average molecular weight is 362 g/mol. The number of hydrogen-bond donors (Lipinski definition) is 1. The first-order valence-electron chi connectivity index (χ1n) is 10.0. The largest absolute Gasteiger partial charge is 0.337 e. The molecule has 5 nitrogen and oxygen atoms in total. The third-order valence-corrected chi connectivity index (χ3v) is 6.14. The summed E-state index contributed by atoms with van der Waals surface area (Å²) in [4.78, 5) is 17.5. The van der Waals surface area contributed by atoms with Crippen LogP contribution in [-0.4, -0.2) is 47.9 Å². The number of benzene rings is 2. The fourth-order valence-corrected chi connectivity index (χ4v) is 4.62. The van der Waals surface area contributed by atoms with Gasteiger partial charge in [0.2, 0.25) is 0 Å². The van der Waals surface area contributed by atoms with Crippen molar-refractivity contribution >= 4 is 17.3 Å². The monoisotopic (exact) mass is 362 g/mol. The van der Waals surface area contributed by atoms with Crippen LogP contribution < -0.4 is 10.4 Å². The number of hydrogen-bond acceptors (Lipinski definition) is 4. The maximum absolute atomic E-state index is 12.9. The van der Waals surface area contributed by atoms with Gasteiger partial charge in [0.15, 0.2) is 0 Å². The van der Waals surface area contributed by atoms with E-state index in [0.29, 0.717) is 6.04 Å². The molecular weight excluding hydrogens is 336 g/mol. The van der Waals surface area contributed by atoms with Crippen molar-refractivity contribution in [2.24, 2.45) is 0 Å². The standard InChI is InChI=1S/C22H26N4O/c27-22(25-14-11-20(16-25)24-12-3-4-13-24)17-7-9-19(10-8-17)26-21-6-2-1-5-18(21)15-23-26/h1-2,5-10,20,23H,3-4,11-16H2/t20-/m0/s1. The zero-order valence-electron chi connectivity index (χ0n) is 15.6. The van der Waals surface area contributed by atoms with Crippen molar-refractivity contribution in [3.8, 4) is 0 Å². The van der Waals surface area contributed by atoms with Gasteiger partial charge >= 0.3 is 0 Å². The quantitative estimate of drug-likeness (QED) is 0.910. The Bertz CT molecular complexity index is 828. The normalized spacial score (nSPS) is 22.4. The maximum Gasteiger partial charge on any atom is 0.253 e. The zero-order valence-corrected chi connectivity index (χ0v) is 15.6. The number of carbonyl (C=O) groups is 1. The van der Waals surface area contributed by atoms with Crippen molar-refractivity contribution in [3.63, 3.8) is 0 Å². The van der Waals surface area contributed by atoms with E-state index in [0.717, 1.165) is 37.3 Å². The molecule has 2 fully saturated rings. The molecule has 0 aromatic heterocycles. The Morgan fingerprint density at radius 1 is 0.963 bits per heavy atom. The second kappa shape index (κ2) is 6.98. The predicted molar refractivity (Wildman–Crippen MR) is 107 cm³/mol. The molecule has 5 rings (SSSR count). The summed E-state index contributed by atoms with van der Waals surface area (Å²) >= 11 is 0. The molecule has 0 bridgehead atoms. The van der Waals surface area contributed by atoms with Gasteiger partial charge in [-0.15, -0.1) is 0 Å². The first kappa shape index (κ1) is 16.8. The molecule has 2 saturated heterocycles. The minimum absolute atomic E-state index is 0.165. The maximum atomic E-state index is 12.9. The van der Waals surface area contributed by atoms with Crippen LogP contribution >= 0.6 is 0 Å². The van der Waals surface area contributed by atoms with E-state index in [9.17, 15) is 4.79 Å². The molecule has 3 aliphatic heterocycles. The lowest BCUT2D eigenvalue weighted by atomic mass is 10.1. The van der Waals surface area contributed by atoms with Gasteiger partial charge in [0, 0.05) is 31.2 Å². The number of likely N-dealkylation sites (tertiary alicyclic amines) is 2. The lowest BCUT2D eigenvalue weighted by molar-refractivity contribution is 0.0780. The Labute approximate surface area is 160 Å². The Morgan fingerprint density at radius 3 is 2.56 bits per heavy atom. The minimum atomic E-state index is 0.165. The molecule has 0 saturated carbocycles. The number of rotatable bonds is 3. The van der Waals surface area contributed by atoms with Gasteiger partial charge in [-0.05, 0) is 68.2 Å². The van der Waals surface area contributed by atoms with Crippen LogP contribution in [0.15, 0.2) is 48.5 Å². The van der Waals surface area contributed by atoms with Gasteiger partial charge in [-0.1, -0.05) is 18.2 Å². The van der Waals surface area contributed by atoms with Crippen LogP contribution in [-0.2, 0) is 6.54 Å². The number of anilines is 2. The molecule has 27 heavy (non-hydrogen) atoms. The van der Waals surface area contributed by atoms with E-state index in [1.807, 2.05) is 29.2 Å². The molecule has 1 amide bonds. The third kappa shape index (κ3) is 3.11. The molecule has 2 aromatic carbocycles. The third-order valence-electron chi connectivity index (χ3n) is 6.14. The number of para-hydroxylation sites is 1. The van der Waals surface area contributed by atoms with Crippen LogP contribution in [0.4, 0.5) is 11.4 Å². The van der Waals surface area contributed by atoms with E-state index in [1.54, 1.807) is 0 Å². The van der Waals surface area contributed by atoms with Crippen molar-refractivity contribution in [3.05, 3.63) is 59.7 Å². The SMILES string of the molecule is O=C(c1ccc(N2NCc3ccccc32)cc1)N1CC[C@H](N2CCCC2)C1. The molecule has 0 radical (unpaired) electrons. The summed E-state index contributed by atoms with van der Waals surface area (Å²) < 4.78 is 0. The first-order chi connectivity index (χ1) is 13.3. The lowest BCUT2D eigenvalue weighted by Crippen LogP contribution is -2.37. The highest BCUT2D eigenvalue weighted by atomic mass is 16.2. The van der Waals surface area contributed by atoms with Crippen LogP contribution in [0.3, 0.4) is 0 Å². The molecule has 0 spiro atoms. The number of carbonyl (C=O) groups excluding carboxylic acids is 1. The Morgan fingerprint density at radius 2 is 1.74 bits per heavy atom. The van der Waals surface area contributed by atoms with Gasteiger partial charge in [0.05, 0.1) is 11.4 Å². The van der Waals surface area contributed by atoms with E-state index in [-0.39, 0.29) is 5.91 Å². The Kier molecular flexibility index (Phi) is 4.34. The number of hydrazine groups is 1. The van der Waals surface area contributed by atoms with E-state index >= 15 is 0 Å². The van der Waals surface area contributed by atoms with Gasteiger partial charge in [-0.25, -0.2) is 5.43 Å². The van der Waals surface area contributed by atoms with Crippen LogP contribution in [0.25, 0.3) is 0 Å². The van der Waals surface area contributed by atoms with Gasteiger partial charge in [-0.3, -0.25) is 14.7 Å². The van der Waals surface area contributed by atoms with Crippen molar-refractivity contribution < 1.29 is 4.79 Å². The summed E-state index contributed by atoms with van der Waals surface area (Å²) in [5, 5.41) is 2.10. The van der Waals surface area contributed by atoms with Gasteiger partial charge in [0.1, 0.15) is 0 Å². The van der Waals surface area contributed by atoms with Gasteiger partial charge in [0.25, 0.3) is 5.91 Å². The predicted octanol–water partition coefficient (Wildman–Crippen LogP) is 3.15. The molecule has 3 aliphatic rings. The number of amides is 1. The molecular formula is C22H26N4O. The average Bonchev–Trinajstić information content (AvgIpc) is 3.47. The Balaban J connectivity index is 1.27. The van der Waals surface area contributed by atoms with Crippen molar-refractivity contribution in [1.29, 1.82) is 0 Å². The molecule has 1 N–H and O–H groups in total. The molecule has 5 heteroatoms. The van der Waals surface area contributed by atoms with Crippen LogP contribution in [0, 0.1) is 0 Å². The summed E-state index contributed by atoms with van der Waals surface area (Å²) in [6, 6.07) is 16.9. The highest BCUT2D eigenvalue weighted by molar-refractivity contribution is 5.95.